The van der Waals surface area contributed by atoms with Crippen molar-refractivity contribution < 1.29 is 5.11 Å². The largest absolute Gasteiger partial charge is 0.392 e. The molecule has 2 aromatic heterocycles. The van der Waals surface area contributed by atoms with E-state index >= 15 is 0 Å². The minimum atomic E-state index is -0.461. The van der Waals surface area contributed by atoms with Crippen molar-refractivity contribution >= 4 is 11.6 Å². The number of nitrogens with zero attached hydrogens (tertiary/aromatic N) is 4. The van der Waals surface area contributed by atoms with Crippen LogP contribution >= 0.6 is 0 Å². The summed E-state index contributed by atoms with van der Waals surface area (Å²) in [5, 5.41) is 13.6. The summed E-state index contributed by atoms with van der Waals surface area (Å²) in [5.74, 6) is 1.37. The number of aliphatic hydroxyl groups excluding tert-OH is 1. The van der Waals surface area contributed by atoms with E-state index in [0.717, 1.165) is 22.9 Å². The van der Waals surface area contributed by atoms with Crippen LogP contribution in [-0.2, 0) is 13.5 Å². The highest BCUT2D eigenvalue weighted by Gasteiger charge is 2.24. The maximum atomic E-state index is 10.4. The molecule has 2 N–H and O–H groups in total. The van der Waals surface area contributed by atoms with Gasteiger partial charge in [-0.1, -0.05) is 39.0 Å². The molecule has 1 aromatic carbocycles. The van der Waals surface area contributed by atoms with Crippen molar-refractivity contribution in [2.45, 2.75) is 33.3 Å². The Labute approximate surface area is 154 Å². The Morgan fingerprint density at radius 1 is 1.12 bits per heavy atom. The third-order valence-corrected chi connectivity index (χ3v) is 4.41. The highest BCUT2D eigenvalue weighted by molar-refractivity contribution is 5.59. The number of nitrogens with one attached hydrogen (secondary N) is 1. The SMILES string of the molecule is Cn1c(-c2ccnc(Nc3ccccc3)n2)cnc1CC(O)C(C)(C)C. The average Bonchev–Trinajstić information content (AvgIpc) is 2.96. The molecule has 0 spiro atoms. The number of imidazole rings is 1. The van der Waals surface area contributed by atoms with Gasteiger partial charge in [-0.15, -0.1) is 0 Å². The Morgan fingerprint density at radius 3 is 2.54 bits per heavy atom. The first-order valence-corrected chi connectivity index (χ1v) is 8.69. The minimum absolute atomic E-state index is 0.187. The third-order valence-electron chi connectivity index (χ3n) is 4.41. The molecule has 136 valence electrons. The van der Waals surface area contributed by atoms with Crippen molar-refractivity contribution in [2.24, 2.45) is 12.5 Å². The molecule has 26 heavy (non-hydrogen) atoms. The number of aliphatic hydroxyl groups is 1. The number of hydrogen-bond acceptors (Lipinski definition) is 5. The lowest BCUT2D eigenvalue weighted by Gasteiger charge is -2.25. The van der Waals surface area contributed by atoms with E-state index in [1.807, 2.05) is 68.8 Å². The molecular weight excluding hydrogens is 326 g/mol. The van der Waals surface area contributed by atoms with Gasteiger partial charge >= 0.3 is 0 Å². The first-order valence-electron chi connectivity index (χ1n) is 8.69. The second-order valence-electron chi connectivity index (χ2n) is 7.46. The zero-order chi connectivity index (χ0) is 18.7. The molecule has 0 bridgehead atoms. The molecule has 0 radical (unpaired) electrons. The standard InChI is InChI=1S/C20H25N5O/c1-20(2,3)17(26)12-18-22-13-16(25(18)4)15-10-11-21-19(24-15)23-14-8-6-5-7-9-14/h5-11,13,17,26H,12H2,1-4H3,(H,21,23,24). The molecule has 0 fully saturated rings. The van der Waals surface area contributed by atoms with Gasteiger partial charge in [0.2, 0.25) is 5.95 Å². The summed E-state index contributed by atoms with van der Waals surface area (Å²) in [6, 6.07) is 11.7. The molecule has 0 aliphatic carbocycles. The second-order valence-corrected chi connectivity index (χ2v) is 7.46. The van der Waals surface area contributed by atoms with Crippen LogP contribution in [0.1, 0.15) is 26.6 Å². The van der Waals surface area contributed by atoms with Crippen molar-refractivity contribution in [3.63, 3.8) is 0 Å². The van der Waals surface area contributed by atoms with Gasteiger partial charge in [-0.25, -0.2) is 15.0 Å². The molecule has 0 aliphatic rings. The topological polar surface area (TPSA) is 75.9 Å². The Morgan fingerprint density at radius 2 is 1.85 bits per heavy atom. The first kappa shape index (κ1) is 18.1. The van der Waals surface area contributed by atoms with E-state index in [4.69, 9.17) is 0 Å². The lowest BCUT2D eigenvalue weighted by Crippen LogP contribution is -2.29. The fraction of sp³-hybridized carbons (Fsp3) is 0.350. The zero-order valence-electron chi connectivity index (χ0n) is 15.6. The van der Waals surface area contributed by atoms with Crippen LogP contribution in [0.3, 0.4) is 0 Å². The number of aromatic nitrogens is 4. The summed E-state index contributed by atoms with van der Waals surface area (Å²) in [7, 11) is 1.94. The molecule has 6 nitrogen and oxygen atoms in total. The van der Waals surface area contributed by atoms with E-state index in [9.17, 15) is 5.11 Å². The molecule has 6 heteroatoms. The van der Waals surface area contributed by atoms with Crippen LogP contribution in [0.5, 0.6) is 0 Å². The lowest BCUT2D eigenvalue weighted by atomic mass is 9.87. The Hall–Kier alpha value is -2.73. The number of benzene rings is 1. The molecule has 0 saturated heterocycles. The van der Waals surface area contributed by atoms with Crippen LogP contribution < -0.4 is 5.32 Å². The summed E-state index contributed by atoms with van der Waals surface area (Å²) in [6.07, 6.45) is 3.56. The lowest BCUT2D eigenvalue weighted by molar-refractivity contribution is 0.0613. The van der Waals surface area contributed by atoms with Gasteiger partial charge in [0, 0.05) is 25.4 Å². The van der Waals surface area contributed by atoms with Crippen molar-refractivity contribution in [2.75, 3.05) is 5.32 Å². The number of anilines is 2. The summed E-state index contributed by atoms with van der Waals surface area (Å²) >= 11 is 0. The van der Waals surface area contributed by atoms with Gasteiger partial charge in [-0.05, 0) is 23.6 Å². The Balaban J connectivity index is 1.83. The van der Waals surface area contributed by atoms with Crippen molar-refractivity contribution in [3.05, 3.63) is 54.6 Å². The number of para-hydroxylation sites is 1. The Kier molecular flexibility index (Phi) is 5.04. The quantitative estimate of drug-likeness (QED) is 0.735. The fourth-order valence-electron chi connectivity index (χ4n) is 2.57. The fourth-order valence-corrected chi connectivity index (χ4v) is 2.57. The van der Waals surface area contributed by atoms with Crippen molar-refractivity contribution in [3.8, 4) is 11.4 Å². The maximum absolute atomic E-state index is 10.4. The monoisotopic (exact) mass is 351 g/mol. The molecule has 3 rings (SSSR count). The molecular formula is C20H25N5O. The predicted molar refractivity (Wildman–Crippen MR) is 103 cm³/mol. The molecule has 0 saturated carbocycles. The van der Waals surface area contributed by atoms with E-state index < -0.39 is 6.10 Å². The molecule has 0 amide bonds. The van der Waals surface area contributed by atoms with E-state index in [0.29, 0.717) is 12.4 Å². The van der Waals surface area contributed by atoms with Crippen LogP contribution in [0.4, 0.5) is 11.6 Å². The van der Waals surface area contributed by atoms with Gasteiger partial charge in [-0.3, -0.25) is 0 Å². The molecule has 1 atom stereocenters. The average molecular weight is 351 g/mol. The van der Waals surface area contributed by atoms with Gasteiger partial charge in [0.25, 0.3) is 0 Å². The van der Waals surface area contributed by atoms with Crippen LogP contribution in [-0.4, -0.2) is 30.7 Å². The summed E-state index contributed by atoms with van der Waals surface area (Å²) < 4.78 is 1.98. The van der Waals surface area contributed by atoms with Crippen LogP contribution in [0.2, 0.25) is 0 Å². The smallest absolute Gasteiger partial charge is 0.227 e. The number of hydrogen-bond donors (Lipinski definition) is 2. The molecule has 2 heterocycles. The number of rotatable bonds is 5. The second kappa shape index (κ2) is 7.25. The molecule has 0 aliphatic heterocycles. The highest BCUT2D eigenvalue weighted by atomic mass is 16.3. The normalized spacial score (nSPS) is 12.8. The highest BCUT2D eigenvalue weighted by Crippen LogP contribution is 2.24. The van der Waals surface area contributed by atoms with Gasteiger partial charge in [-0.2, -0.15) is 0 Å². The first-order chi connectivity index (χ1) is 12.3. The third kappa shape index (κ3) is 4.08. The van der Waals surface area contributed by atoms with E-state index in [1.54, 1.807) is 12.4 Å². The summed E-state index contributed by atoms with van der Waals surface area (Å²) in [4.78, 5) is 13.4. The van der Waals surface area contributed by atoms with Crippen LogP contribution in [0, 0.1) is 5.41 Å². The zero-order valence-corrected chi connectivity index (χ0v) is 15.6. The molecule has 3 aromatic rings. The van der Waals surface area contributed by atoms with Gasteiger partial charge in [0.05, 0.1) is 23.7 Å². The van der Waals surface area contributed by atoms with Crippen molar-refractivity contribution in [1.29, 1.82) is 0 Å². The summed E-state index contributed by atoms with van der Waals surface area (Å²) in [6.45, 7) is 6.06. The van der Waals surface area contributed by atoms with E-state index in [1.165, 1.54) is 0 Å². The Bertz CT molecular complexity index is 867. The summed E-state index contributed by atoms with van der Waals surface area (Å²) in [5.41, 5.74) is 2.42. The van der Waals surface area contributed by atoms with E-state index in [2.05, 4.69) is 20.3 Å². The van der Waals surface area contributed by atoms with E-state index in [-0.39, 0.29) is 5.41 Å². The maximum Gasteiger partial charge on any atom is 0.227 e. The van der Waals surface area contributed by atoms with Gasteiger partial charge in [0.15, 0.2) is 0 Å². The predicted octanol–water partition coefficient (Wildman–Crippen LogP) is 3.57. The van der Waals surface area contributed by atoms with Crippen LogP contribution in [0.25, 0.3) is 11.4 Å². The molecule has 1 unspecified atom stereocenters. The van der Waals surface area contributed by atoms with Crippen LogP contribution in [0.15, 0.2) is 48.8 Å². The minimum Gasteiger partial charge on any atom is -0.392 e. The van der Waals surface area contributed by atoms with Gasteiger partial charge in [0.1, 0.15) is 5.82 Å². The van der Waals surface area contributed by atoms with Crippen molar-refractivity contribution in [1.82, 2.24) is 19.5 Å². The van der Waals surface area contributed by atoms with Gasteiger partial charge < -0.3 is 15.0 Å².